The second-order valence-electron chi connectivity index (χ2n) is 6.45. The third-order valence-electron chi connectivity index (χ3n) is 4.45. The number of rotatable bonds is 5. The third kappa shape index (κ3) is 4.42. The minimum atomic E-state index is -1.47. The summed E-state index contributed by atoms with van der Waals surface area (Å²) in [6.07, 6.45) is 1.15. The van der Waals surface area contributed by atoms with E-state index in [9.17, 15) is 22.8 Å². The lowest BCUT2D eigenvalue weighted by molar-refractivity contribution is -0.135. The first-order valence-corrected chi connectivity index (χ1v) is 8.75. The van der Waals surface area contributed by atoms with Crippen LogP contribution in [0.3, 0.4) is 0 Å². The Balaban J connectivity index is 1.87. The van der Waals surface area contributed by atoms with Crippen molar-refractivity contribution < 1.29 is 27.4 Å². The van der Waals surface area contributed by atoms with Gasteiger partial charge in [-0.2, -0.15) is 0 Å². The Morgan fingerprint density at radius 3 is 2.66 bits per heavy atom. The molecule has 8 heteroatoms. The van der Waals surface area contributed by atoms with Crippen molar-refractivity contribution in [2.75, 3.05) is 7.11 Å². The number of alkyl halides is 1. The maximum absolute atomic E-state index is 14.5. The van der Waals surface area contributed by atoms with E-state index in [0.29, 0.717) is 5.69 Å². The number of benzene rings is 1. The number of ether oxygens (including phenoxy) is 2. The summed E-state index contributed by atoms with van der Waals surface area (Å²) in [7, 11) is 1.21. The second-order valence-corrected chi connectivity index (χ2v) is 6.45. The van der Waals surface area contributed by atoms with E-state index in [1.165, 1.54) is 31.4 Å². The summed E-state index contributed by atoms with van der Waals surface area (Å²) < 4.78 is 52.4. The highest BCUT2D eigenvalue weighted by molar-refractivity contribution is 5.94. The molecule has 1 atom stereocenters. The van der Waals surface area contributed by atoms with Crippen molar-refractivity contribution in [3.05, 3.63) is 81.3 Å². The predicted octanol–water partition coefficient (Wildman–Crippen LogP) is 3.70. The fraction of sp³-hybridized carbons (Fsp3) is 0.238. The minimum absolute atomic E-state index is 0.0199. The molecule has 0 saturated carbocycles. The predicted molar refractivity (Wildman–Crippen MR) is 100 cm³/mol. The van der Waals surface area contributed by atoms with Gasteiger partial charge >= 0.3 is 5.97 Å². The summed E-state index contributed by atoms with van der Waals surface area (Å²) in [4.78, 5) is 24.3. The van der Waals surface area contributed by atoms with E-state index in [0.717, 1.165) is 22.8 Å². The van der Waals surface area contributed by atoms with Gasteiger partial charge in [-0.25, -0.2) is 18.0 Å². The zero-order valence-electron chi connectivity index (χ0n) is 15.7. The van der Waals surface area contributed by atoms with Crippen LogP contribution in [-0.2, 0) is 16.1 Å². The Bertz CT molecular complexity index is 1070. The number of nitrogens with zero attached hydrogens (tertiary/aromatic N) is 1. The second kappa shape index (κ2) is 8.38. The topological polar surface area (TPSA) is 57.5 Å². The van der Waals surface area contributed by atoms with Crippen molar-refractivity contribution in [1.29, 1.82) is 0 Å². The summed E-state index contributed by atoms with van der Waals surface area (Å²) in [5, 5.41) is 0. The largest absolute Gasteiger partial charge is 0.489 e. The van der Waals surface area contributed by atoms with Gasteiger partial charge in [0, 0.05) is 35.9 Å². The molecule has 5 nitrogen and oxygen atoms in total. The molecule has 0 fully saturated rings. The number of aromatic nitrogens is 1. The van der Waals surface area contributed by atoms with Gasteiger partial charge in [0.2, 0.25) is 0 Å². The normalized spacial score (nSPS) is 16.1. The quantitative estimate of drug-likeness (QED) is 0.712. The lowest BCUT2D eigenvalue weighted by atomic mass is 10.0. The van der Waals surface area contributed by atoms with Crippen molar-refractivity contribution >= 4 is 11.7 Å². The van der Waals surface area contributed by atoms with E-state index in [4.69, 9.17) is 4.74 Å². The van der Waals surface area contributed by atoms with Gasteiger partial charge in [0.05, 0.1) is 18.4 Å². The smallest absolute Gasteiger partial charge is 0.337 e. The first kappa shape index (κ1) is 20.4. The molecule has 0 radical (unpaired) electrons. The molecule has 0 saturated heterocycles. The van der Waals surface area contributed by atoms with Crippen molar-refractivity contribution in [2.24, 2.45) is 0 Å². The standard InChI is InChI=1S/C21H18F3NO4/c1-12-7-16(29-11-14-3-5-15(22)9-18(14)24)10-20(26)25(12)19-8-13(21(27)28-2)4-6-17(19)23/h3-5,7-10,17H,6,11H2,1-2H3. The molecule has 1 unspecified atom stereocenters. The molecular formula is C21H18F3NO4. The van der Waals surface area contributed by atoms with Gasteiger partial charge in [-0.1, -0.05) is 6.08 Å². The van der Waals surface area contributed by atoms with Crippen LogP contribution in [0.2, 0.25) is 0 Å². The molecule has 3 rings (SSSR count). The molecule has 1 aliphatic rings. The molecule has 0 aliphatic heterocycles. The summed E-state index contributed by atoms with van der Waals surface area (Å²) >= 11 is 0. The van der Waals surface area contributed by atoms with Crippen LogP contribution in [0.25, 0.3) is 5.70 Å². The fourth-order valence-electron chi connectivity index (χ4n) is 3.01. The third-order valence-corrected chi connectivity index (χ3v) is 4.45. The molecule has 0 amide bonds. The average Bonchev–Trinajstić information content (AvgIpc) is 2.67. The molecule has 1 aromatic carbocycles. The molecule has 0 bridgehead atoms. The van der Waals surface area contributed by atoms with Gasteiger partial charge < -0.3 is 9.47 Å². The van der Waals surface area contributed by atoms with Crippen molar-refractivity contribution in [3.8, 4) is 5.75 Å². The Morgan fingerprint density at radius 2 is 2.00 bits per heavy atom. The number of hydrogen-bond donors (Lipinski definition) is 0. The minimum Gasteiger partial charge on any atom is -0.489 e. The number of aryl methyl sites for hydroxylation is 1. The maximum atomic E-state index is 14.5. The Kier molecular flexibility index (Phi) is 5.91. The van der Waals surface area contributed by atoms with Crippen LogP contribution in [0.1, 0.15) is 17.7 Å². The lowest BCUT2D eigenvalue weighted by Gasteiger charge is -2.21. The molecule has 1 heterocycles. The summed E-state index contributed by atoms with van der Waals surface area (Å²) in [5.74, 6) is -1.93. The molecule has 29 heavy (non-hydrogen) atoms. The highest BCUT2D eigenvalue weighted by Gasteiger charge is 2.24. The van der Waals surface area contributed by atoms with Crippen LogP contribution in [-0.4, -0.2) is 23.8 Å². The number of carbonyl (C=O) groups excluding carboxylic acids is 1. The molecule has 1 aliphatic carbocycles. The van der Waals surface area contributed by atoms with Crippen LogP contribution in [0.5, 0.6) is 5.75 Å². The van der Waals surface area contributed by atoms with Crippen LogP contribution in [0, 0.1) is 18.6 Å². The highest BCUT2D eigenvalue weighted by atomic mass is 19.1. The van der Waals surface area contributed by atoms with Crippen molar-refractivity contribution in [2.45, 2.75) is 26.1 Å². The summed E-state index contributed by atoms with van der Waals surface area (Å²) in [5.41, 5.74) is 0.105. The maximum Gasteiger partial charge on any atom is 0.337 e. The molecule has 2 aromatic rings. The monoisotopic (exact) mass is 405 g/mol. The Morgan fingerprint density at radius 1 is 1.24 bits per heavy atom. The van der Waals surface area contributed by atoms with Gasteiger partial charge in [-0.05, 0) is 25.1 Å². The van der Waals surface area contributed by atoms with Gasteiger partial charge in [-0.3, -0.25) is 9.36 Å². The fourth-order valence-corrected chi connectivity index (χ4v) is 3.01. The van der Waals surface area contributed by atoms with Crippen LogP contribution in [0.15, 0.2) is 52.9 Å². The van der Waals surface area contributed by atoms with E-state index in [1.54, 1.807) is 6.92 Å². The molecule has 0 N–H and O–H groups in total. The average molecular weight is 405 g/mol. The number of esters is 1. The SMILES string of the molecule is COC(=O)C1=CCC(F)C(n2c(C)cc(OCc3ccc(F)cc3F)cc2=O)=C1. The number of methoxy groups -OCH3 is 1. The van der Waals surface area contributed by atoms with Crippen LogP contribution < -0.4 is 10.3 Å². The van der Waals surface area contributed by atoms with Crippen LogP contribution >= 0.6 is 0 Å². The zero-order chi connectivity index (χ0) is 21.1. The number of carbonyl (C=O) groups is 1. The number of halogens is 3. The molecule has 152 valence electrons. The number of allylic oxidation sites excluding steroid dienone is 2. The number of pyridine rings is 1. The zero-order valence-corrected chi connectivity index (χ0v) is 15.7. The molecule has 0 spiro atoms. The Labute approximate surface area is 164 Å². The van der Waals surface area contributed by atoms with Gasteiger partial charge in [0.25, 0.3) is 5.56 Å². The Hall–Kier alpha value is -3.29. The van der Waals surface area contributed by atoms with Gasteiger partial charge in [0.15, 0.2) is 0 Å². The first-order valence-electron chi connectivity index (χ1n) is 8.75. The van der Waals surface area contributed by atoms with Gasteiger partial charge in [0.1, 0.15) is 30.2 Å². The van der Waals surface area contributed by atoms with E-state index in [1.807, 2.05) is 0 Å². The first-order chi connectivity index (χ1) is 13.8. The van der Waals surface area contributed by atoms with Gasteiger partial charge in [-0.15, -0.1) is 0 Å². The van der Waals surface area contributed by atoms with Crippen molar-refractivity contribution in [3.63, 3.8) is 0 Å². The van der Waals surface area contributed by atoms with Crippen molar-refractivity contribution in [1.82, 2.24) is 4.57 Å². The lowest BCUT2D eigenvalue weighted by Crippen LogP contribution is -2.27. The molecule has 1 aromatic heterocycles. The molecular weight excluding hydrogens is 387 g/mol. The van der Waals surface area contributed by atoms with E-state index in [-0.39, 0.29) is 35.6 Å². The van der Waals surface area contributed by atoms with E-state index < -0.39 is 29.3 Å². The summed E-state index contributed by atoms with van der Waals surface area (Å²) in [6, 6.07) is 5.73. The van der Waals surface area contributed by atoms with Crippen LogP contribution in [0.4, 0.5) is 13.2 Å². The summed E-state index contributed by atoms with van der Waals surface area (Å²) in [6.45, 7) is 1.37. The highest BCUT2D eigenvalue weighted by Crippen LogP contribution is 2.26. The van der Waals surface area contributed by atoms with E-state index in [2.05, 4.69) is 4.74 Å². The van der Waals surface area contributed by atoms with E-state index >= 15 is 0 Å². The number of hydrogen-bond acceptors (Lipinski definition) is 4.